The van der Waals surface area contributed by atoms with Gasteiger partial charge in [-0.05, 0) is 42.0 Å². The fourth-order valence-corrected chi connectivity index (χ4v) is 3.22. The van der Waals surface area contributed by atoms with Crippen LogP contribution in [-0.2, 0) is 9.59 Å². The predicted octanol–water partition coefficient (Wildman–Crippen LogP) is 1.52. The molecule has 4 rings (SSSR count). The van der Waals surface area contributed by atoms with E-state index < -0.39 is 23.9 Å². The van der Waals surface area contributed by atoms with Gasteiger partial charge in [0.2, 0.25) is 0 Å². The average Bonchev–Trinajstić information content (AvgIpc) is 3.44. The van der Waals surface area contributed by atoms with Gasteiger partial charge in [0, 0.05) is 6.42 Å². The van der Waals surface area contributed by atoms with E-state index in [0.717, 1.165) is 16.2 Å². The van der Waals surface area contributed by atoms with Crippen LogP contribution >= 0.6 is 0 Å². The van der Waals surface area contributed by atoms with Crippen LogP contribution in [0.5, 0.6) is 5.75 Å². The molecule has 0 spiro atoms. The molecule has 0 saturated carbocycles. The number of furan rings is 1. The summed E-state index contributed by atoms with van der Waals surface area (Å²) in [4.78, 5) is 37.3. The Morgan fingerprint density at radius 2 is 2.07 bits per heavy atom. The van der Waals surface area contributed by atoms with Crippen LogP contribution in [-0.4, -0.2) is 53.7 Å². The third kappa shape index (κ3) is 3.22. The van der Waals surface area contributed by atoms with Crippen molar-refractivity contribution in [3.63, 3.8) is 0 Å². The predicted molar refractivity (Wildman–Crippen MR) is 97.6 cm³/mol. The van der Waals surface area contributed by atoms with Gasteiger partial charge in [0.05, 0.1) is 25.6 Å². The highest BCUT2D eigenvalue weighted by molar-refractivity contribution is 6.06. The number of hydrogen-bond acceptors (Lipinski definition) is 6. The molecule has 0 aliphatic carbocycles. The fraction of sp³-hybridized carbons (Fsp3) is 0.263. The van der Waals surface area contributed by atoms with E-state index in [4.69, 9.17) is 9.15 Å². The Balaban J connectivity index is 1.60. The van der Waals surface area contributed by atoms with Gasteiger partial charge < -0.3 is 14.5 Å². The number of nitrogens with one attached hydrogen (secondary N) is 1. The van der Waals surface area contributed by atoms with Crippen molar-refractivity contribution in [2.24, 2.45) is 5.10 Å². The van der Waals surface area contributed by atoms with Crippen LogP contribution in [0.25, 0.3) is 0 Å². The maximum Gasteiger partial charge on any atom is 0.325 e. The first-order chi connectivity index (χ1) is 13.6. The molecule has 2 aromatic rings. The Bertz CT molecular complexity index is 920. The third-order valence-corrected chi connectivity index (χ3v) is 4.69. The Morgan fingerprint density at radius 3 is 2.68 bits per heavy atom. The van der Waals surface area contributed by atoms with Gasteiger partial charge in [-0.3, -0.25) is 14.5 Å². The smallest absolute Gasteiger partial charge is 0.325 e. The number of carbonyl (C=O) groups is 3. The second-order valence-electron chi connectivity index (χ2n) is 6.39. The van der Waals surface area contributed by atoms with Gasteiger partial charge in [-0.2, -0.15) is 5.10 Å². The van der Waals surface area contributed by atoms with Crippen molar-refractivity contribution in [1.29, 1.82) is 0 Å². The molecule has 0 bridgehead atoms. The summed E-state index contributed by atoms with van der Waals surface area (Å²) >= 11 is 0. The molecule has 1 aromatic carbocycles. The van der Waals surface area contributed by atoms with Crippen LogP contribution in [0.4, 0.5) is 4.79 Å². The van der Waals surface area contributed by atoms with Gasteiger partial charge in [0.25, 0.3) is 11.8 Å². The summed E-state index contributed by atoms with van der Waals surface area (Å²) in [6.07, 6.45) is 1.98. The van der Waals surface area contributed by atoms with Crippen molar-refractivity contribution in [3.8, 4) is 5.75 Å². The molecule has 1 fully saturated rings. The van der Waals surface area contributed by atoms with Crippen LogP contribution in [0.3, 0.4) is 0 Å². The number of ether oxygens (including phenoxy) is 1. The highest BCUT2D eigenvalue weighted by Gasteiger charge is 2.38. The number of imide groups is 1. The summed E-state index contributed by atoms with van der Waals surface area (Å²) in [7, 11) is 1.59. The molecule has 144 valence electrons. The SMILES string of the molecule is COc1ccc(C2=NN(C(=O)CN3C(=O)CNC3=O)C(c3ccco3)C2)cc1. The molecule has 1 atom stereocenters. The Hall–Kier alpha value is -3.62. The number of urea groups is 1. The van der Waals surface area contributed by atoms with E-state index in [0.29, 0.717) is 17.9 Å². The van der Waals surface area contributed by atoms with E-state index in [1.165, 1.54) is 11.3 Å². The number of hydrazone groups is 1. The molecule has 2 aliphatic rings. The lowest BCUT2D eigenvalue weighted by molar-refractivity contribution is -0.138. The summed E-state index contributed by atoms with van der Waals surface area (Å²) in [5.41, 5.74) is 1.55. The monoisotopic (exact) mass is 382 g/mol. The minimum atomic E-state index is -0.577. The van der Waals surface area contributed by atoms with Gasteiger partial charge in [0.15, 0.2) is 0 Å². The summed E-state index contributed by atoms with van der Waals surface area (Å²) < 4.78 is 10.7. The average molecular weight is 382 g/mol. The van der Waals surface area contributed by atoms with Gasteiger partial charge >= 0.3 is 6.03 Å². The standard InChI is InChI=1S/C19H18N4O5/c1-27-13-6-4-12(5-7-13)14-9-15(16-3-2-8-28-16)23(21-14)18(25)11-22-17(24)10-20-19(22)26/h2-8,15H,9-11H2,1H3,(H,20,26). The van der Waals surface area contributed by atoms with Gasteiger partial charge in [-0.1, -0.05) is 0 Å². The van der Waals surface area contributed by atoms with Crippen LogP contribution in [0.2, 0.25) is 0 Å². The summed E-state index contributed by atoms with van der Waals surface area (Å²) in [5, 5.41) is 8.16. The molecule has 2 aliphatic heterocycles. The lowest BCUT2D eigenvalue weighted by atomic mass is 10.0. The Morgan fingerprint density at radius 1 is 1.29 bits per heavy atom. The number of nitrogens with zero attached hydrogens (tertiary/aromatic N) is 3. The molecule has 1 unspecified atom stereocenters. The topological polar surface area (TPSA) is 104 Å². The lowest BCUT2D eigenvalue weighted by Crippen LogP contribution is -2.41. The van der Waals surface area contributed by atoms with Crippen molar-refractivity contribution in [2.75, 3.05) is 20.2 Å². The van der Waals surface area contributed by atoms with E-state index in [1.807, 2.05) is 24.3 Å². The Labute approximate surface area is 160 Å². The van der Waals surface area contributed by atoms with Crippen LogP contribution < -0.4 is 10.1 Å². The van der Waals surface area contributed by atoms with E-state index in [1.54, 1.807) is 19.2 Å². The second kappa shape index (κ2) is 7.18. The normalized spacial score (nSPS) is 19.0. The zero-order valence-corrected chi connectivity index (χ0v) is 15.1. The molecule has 4 amide bonds. The van der Waals surface area contributed by atoms with Crippen molar-refractivity contribution in [1.82, 2.24) is 15.2 Å². The first kappa shape index (κ1) is 17.8. The zero-order valence-electron chi connectivity index (χ0n) is 15.1. The summed E-state index contributed by atoms with van der Waals surface area (Å²) in [5.74, 6) is 0.399. The van der Waals surface area contributed by atoms with Gasteiger partial charge in [0.1, 0.15) is 24.1 Å². The van der Waals surface area contributed by atoms with Gasteiger partial charge in [-0.15, -0.1) is 0 Å². The molecule has 9 heteroatoms. The first-order valence-electron chi connectivity index (χ1n) is 8.72. The minimum Gasteiger partial charge on any atom is -0.497 e. The molecule has 1 N–H and O–H groups in total. The minimum absolute atomic E-state index is 0.103. The fourth-order valence-electron chi connectivity index (χ4n) is 3.22. The van der Waals surface area contributed by atoms with Crippen molar-refractivity contribution in [3.05, 3.63) is 54.0 Å². The van der Waals surface area contributed by atoms with E-state index in [9.17, 15) is 14.4 Å². The maximum atomic E-state index is 12.9. The molecular weight excluding hydrogens is 364 g/mol. The first-order valence-corrected chi connectivity index (χ1v) is 8.72. The van der Waals surface area contributed by atoms with Crippen molar-refractivity contribution in [2.45, 2.75) is 12.5 Å². The van der Waals surface area contributed by atoms with Crippen molar-refractivity contribution < 1.29 is 23.5 Å². The van der Waals surface area contributed by atoms with Crippen LogP contribution in [0.1, 0.15) is 23.8 Å². The zero-order chi connectivity index (χ0) is 19.7. The van der Waals surface area contributed by atoms with Gasteiger partial charge in [-0.25, -0.2) is 9.80 Å². The number of benzene rings is 1. The number of rotatable bonds is 5. The third-order valence-electron chi connectivity index (χ3n) is 4.69. The summed E-state index contributed by atoms with van der Waals surface area (Å²) in [6, 6.07) is 9.85. The second-order valence-corrected chi connectivity index (χ2v) is 6.39. The van der Waals surface area contributed by atoms with E-state index in [2.05, 4.69) is 10.4 Å². The number of hydrogen-bond donors (Lipinski definition) is 1. The highest BCUT2D eigenvalue weighted by Crippen LogP contribution is 2.33. The molecular formula is C19H18N4O5. The maximum absolute atomic E-state index is 12.9. The van der Waals surface area contributed by atoms with Crippen LogP contribution in [0, 0.1) is 0 Å². The highest BCUT2D eigenvalue weighted by atomic mass is 16.5. The largest absolute Gasteiger partial charge is 0.497 e. The molecule has 28 heavy (non-hydrogen) atoms. The quantitative estimate of drug-likeness (QED) is 0.790. The number of amides is 4. The van der Waals surface area contributed by atoms with E-state index >= 15 is 0 Å². The Kier molecular flexibility index (Phi) is 4.56. The lowest BCUT2D eigenvalue weighted by Gasteiger charge is -2.21. The van der Waals surface area contributed by atoms with Crippen LogP contribution in [0.15, 0.2) is 52.2 Å². The summed E-state index contributed by atoms with van der Waals surface area (Å²) in [6.45, 7) is -0.477. The number of methoxy groups -OCH3 is 1. The van der Waals surface area contributed by atoms with E-state index in [-0.39, 0.29) is 13.1 Å². The molecule has 9 nitrogen and oxygen atoms in total. The number of carbonyl (C=O) groups excluding carboxylic acids is 3. The molecule has 1 saturated heterocycles. The van der Waals surface area contributed by atoms with Crippen molar-refractivity contribution >= 4 is 23.6 Å². The molecule has 3 heterocycles. The molecule has 1 aromatic heterocycles. The molecule has 0 radical (unpaired) electrons.